The maximum atomic E-state index is 12.1. The molecule has 0 aliphatic carbocycles. The van der Waals surface area contributed by atoms with Crippen LogP contribution in [-0.4, -0.2) is 49.7 Å². The van der Waals surface area contributed by atoms with E-state index in [4.69, 9.17) is 0 Å². The summed E-state index contributed by atoms with van der Waals surface area (Å²) in [5, 5.41) is 13.5. The highest BCUT2D eigenvalue weighted by Crippen LogP contribution is 2.22. The first kappa shape index (κ1) is 19.3. The second-order valence-corrected chi connectivity index (χ2v) is 5.45. The molecule has 2 aromatic rings. The van der Waals surface area contributed by atoms with Crippen molar-refractivity contribution in [2.45, 2.75) is 6.36 Å². The number of halogens is 3. The van der Waals surface area contributed by atoms with Gasteiger partial charge in [0.1, 0.15) is 5.75 Å². The highest BCUT2D eigenvalue weighted by molar-refractivity contribution is 5.94. The lowest BCUT2D eigenvalue weighted by Gasteiger charge is -2.13. The monoisotopic (exact) mass is 369 g/mol. The Morgan fingerprint density at radius 1 is 1.19 bits per heavy atom. The molecule has 0 saturated carbocycles. The molecule has 140 valence electrons. The molecule has 0 atom stereocenters. The summed E-state index contributed by atoms with van der Waals surface area (Å²) in [6.45, 7) is 0.708. The van der Waals surface area contributed by atoms with Crippen LogP contribution in [0.25, 0.3) is 0 Å². The van der Waals surface area contributed by atoms with E-state index < -0.39 is 12.3 Å². The first-order valence-electron chi connectivity index (χ1n) is 7.62. The van der Waals surface area contributed by atoms with Crippen molar-refractivity contribution < 1.29 is 22.7 Å². The molecule has 2 N–H and O–H groups in total. The summed E-state index contributed by atoms with van der Waals surface area (Å²) < 4.78 is 40.0. The average Bonchev–Trinajstić information content (AvgIpc) is 2.58. The van der Waals surface area contributed by atoms with Gasteiger partial charge in [-0.25, -0.2) is 0 Å². The highest BCUT2D eigenvalue weighted by Gasteiger charge is 2.31. The summed E-state index contributed by atoms with van der Waals surface area (Å²) in [5.74, 6) is -0.215. The minimum absolute atomic E-state index is 0.230. The van der Waals surface area contributed by atoms with E-state index in [1.807, 2.05) is 25.1 Å². The zero-order valence-electron chi connectivity index (χ0n) is 14.2. The number of carbonyl (C=O) groups is 1. The van der Waals surface area contributed by atoms with E-state index in [1.165, 1.54) is 12.1 Å². The van der Waals surface area contributed by atoms with Crippen LogP contribution in [0.5, 0.6) is 5.75 Å². The summed E-state index contributed by atoms with van der Waals surface area (Å²) >= 11 is 0. The Morgan fingerprint density at radius 3 is 2.50 bits per heavy atom. The van der Waals surface area contributed by atoms with Gasteiger partial charge in [-0.15, -0.1) is 18.3 Å². The summed E-state index contributed by atoms with van der Waals surface area (Å²) in [6.07, 6.45) is -3.14. The van der Waals surface area contributed by atoms with Crippen LogP contribution < -0.4 is 20.3 Å². The molecule has 0 saturated heterocycles. The van der Waals surface area contributed by atoms with Crippen LogP contribution in [0.15, 0.2) is 36.5 Å². The number of amides is 1. The molecule has 0 spiro atoms. The molecule has 0 radical (unpaired) electrons. The second kappa shape index (κ2) is 8.37. The lowest BCUT2D eigenvalue weighted by molar-refractivity contribution is -0.274. The number of hydrogen-bond acceptors (Lipinski definition) is 6. The quantitative estimate of drug-likeness (QED) is 0.729. The van der Waals surface area contributed by atoms with Gasteiger partial charge in [0.2, 0.25) is 0 Å². The minimum atomic E-state index is -4.76. The van der Waals surface area contributed by atoms with Crippen LogP contribution in [0.2, 0.25) is 0 Å². The molecule has 7 nitrogen and oxygen atoms in total. The number of ether oxygens (including phenoxy) is 1. The molecular formula is C16H18F3N5O2. The van der Waals surface area contributed by atoms with Gasteiger partial charge in [0.05, 0.1) is 11.9 Å². The van der Waals surface area contributed by atoms with E-state index in [-0.39, 0.29) is 11.3 Å². The van der Waals surface area contributed by atoms with Gasteiger partial charge in [-0.3, -0.25) is 4.79 Å². The van der Waals surface area contributed by atoms with E-state index >= 15 is 0 Å². The van der Waals surface area contributed by atoms with Crippen LogP contribution >= 0.6 is 0 Å². The Morgan fingerprint density at radius 2 is 1.88 bits per heavy atom. The molecule has 26 heavy (non-hydrogen) atoms. The second-order valence-electron chi connectivity index (χ2n) is 5.45. The fraction of sp³-hybridized carbons (Fsp3) is 0.312. The number of aromatic nitrogens is 2. The molecule has 1 aromatic heterocycles. The van der Waals surface area contributed by atoms with Crippen molar-refractivity contribution >= 4 is 17.4 Å². The number of alkyl halides is 3. The first-order valence-corrected chi connectivity index (χ1v) is 7.62. The normalized spacial score (nSPS) is 11.0. The van der Waals surface area contributed by atoms with Gasteiger partial charge in [-0.1, -0.05) is 0 Å². The Hall–Kier alpha value is -3.04. The van der Waals surface area contributed by atoms with Crippen LogP contribution in [-0.2, 0) is 0 Å². The van der Waals surface area contributed by atoms with E-state index in [2.05, 4.69) is 25.6 Å². The van der Waals surface area contributed by atoms with Gasteiger partial charge < -0.3 is 20.3 Å². The molecule has 0 aliphatic heterocycles. The third-order valence-corrected chi connectivity index (χ3v) is 3.22. The standard InChI is InChI=1S/C16H18F3N5O2/c1-24(2)12-9-14(23-22-10-12)20-7-8-21-15(25)11-3-5-13(6-4-11)26-16(17,18)19/h3-6,9-10H,7-8H2,1-2H3,(H,20,23)(H,21,25). The van der Waals surface area contributed by atoms with Crippen LogP contribution in [0.3, 0.4) is 0 Å². The molecule has 10 heteroatoms. The van der Waals surface area contributed by atoms with E-state index in [0.717, 1.165) is 17.8 Å². The molecule has 0 unspecified atom stereocenters. The number of nitrogens with one attached hydrogen (secondary N) is 2. The van der Waals surface area contributed by atoms with Crippen molar-refractivity contribution in [2.75, 3.05) is 37.4 Å². The fourth-order valence-electron chi connectivity index (χ4n) is 1.96. The van der Waals surface area contributed by atoms with Crippen LogP contribution in [0, 0.1) is 0 Å². The van der Waals surface area contributed by atoms with Crippen LogP contribution in [0.1, 0.15) is 10.4 Å². The van der Waals surface area contributed by atoms with Crippen molar-refractivity contribution in [2.24, 2.45) is 0 Å². The maximum absolute atomic E-state index is 12.1. The van der Waals surface area contributed by atoms with Crippen molar-refractivity contribution in [1.82, 2.24) is 15.5 Å². The maximum Gasteiger partial charge on any atom is 0.573 e. The lowest BCUT2D eigenvalue weighted by Crippen LogP contribution is -2.29. The van der Waals surface area contributed by atoms with Gasteiger partial charge in [0.15, 0.2) is 5.82 Å². The van der Waals surface area contributed by atoms with E-state index in [0.29, 0.717) is 18.9 Å². The van der Waals surface area contributed by atoms with Gasteiger partial charge >= 0.3 is 6.36 Å². The third kappa shape index (κ3) is 6.11. The molecular weight excluding hydrogens is 351 g/mol. The number of hydrogen-bond donors (Lipinski definition) is 2. The first-order chi connectivity index (χ1) is 12.2. The van der Waals surface area contributed by atoms with Gasteiger partial charge in [0.25, 0.3) is 5.91 Å². The molecule has 2 rings (SSSR count). The number of benzene rings is 1. The van der Waals surface area contributed by atoms with E-state index in [9.17, 15) is 18.0 Å². The molecule has 0 fully saturated rings. The number of nitrogens with zero attached hydrogens (tertiary/aromatic N) is 3. The number of anilines is 2. The zero-order valence-corrected chi connectivity index (χ0v) is 14.2. The summed E-state index contributed by atoms with van der Waals surface area (Å²) in [7, 11) is 3.76. The minimum Gasteiger partial charge on any atom is -0.406 e. The SMILES string of the molecule is CN(C)c1cnnc(NCCNC(=O)c2ccc(OC(F)(F)F)cc2)c1. The Bertz CT molecular complexity index is 735. The fourth-order valence-corrected chi connectivity index (χ4v) is 1.96. The summed E-state index contributed by atoms with van der Waals surface area (Å²) in [6, 6.07) is 6.51. The molecule has 1 aromatic carbocycles. The Labute approximate surface area is 148 Å². The highest BCUT2D eigenvalue weighted by atomic mass is 19.4. The smallest absolute Gasteiger partial charge is 0.406 e. The van der Waals surface area contributed by atoms with Gasteiger partial charge in [-0.05, 0) is 24.3 Å². The molecule has 1 heterocycles. The molecule has 0 aliphatic rings. The van der Waals surface area contributed by atoms with Gasteiger partial charge in [0, 0.05) is 38.8 Å². The Kier molecular flexibility index (Phi) is 6.21. The van der Waals surface area contributed by atoms with Crippen molar-refractivity contribution in [3.8, 4) is 5.75 Å². The lowest BCUT2D eigenvalue weighted by atomic mass is 10.2. The number of carbonyl (C=O) groups excluding carboxylic acids is 1. The summed E-state index contributed by atoms with van der Waals surface area (Å²) in [5.41, 5.74) is 1.11. The van der Waals surface area contributed by atoms with Gasteiger partial charge in [-0.2, -0.15) is 5.10 Å². The Balaban J connectivity index is 1.79. The predicted octanol–water partition coefficient (Wildman–Crippen LogP) is 2.28. The topological polar surface area (TPSA) is 79.4 Å². The van der Waals surface area contributed by atoms with Crippen molar-refractivity contribution in [1.29, 1.82) is 0 Å². The van der Waals surface area contributed by atoms with Crippen molar-refractivity contribution in [3.63, 3.8) is 0 Å². The molecule has 0 bridgehead atoms. The van der Waals surface area contributed by atoms with Crippen LogP contribution in [0.4, 0.5) is 24.7 Å². The largest absolute Gasteiger partial charge is 0.573 e. The zero-order chi connectivity index (χ0) is 19.2. The predicted molar refractivity (Wildman–Crippen MR) is 90.3 cm³/mol. The summed E-state index contributed by atoms with van der Waals surface area (Å²) in [4.78, 5) is 13.8. The third-order valence-electron chi connectivity index (χ3n) is 3.22. The van der Waals surface area contributed by atoms with Crippen molar-refractivity contribution in [3.05, 3.63) is 42.1 Å². The van der Waals surface area contributed by atoms with E-state index in [1.54, 1.807) is 6.20 Å². The molecule has 1 amide bonds. The average molecular weight is 369 g/mol. The number of rotatable bonds is 7.